The Morgan fingerprint density at radius 2 is 2.23 bits per heavy atom. The van der Waals surface area contributed by atoms with Gasteiger partial charge in [-0.1, -0.05) is 0 Å². The summed E-state index contributed by atoms with van der Waals surface area (Å²) in [7, 11) is 0. The molecule has 0 aromatic rings. The Hall–Kier alpha value is -3.01. The van der Waals surface area contributed by atoms with Crippen molar-refractivity contribution in [1.82, 2.24) is 10.2 Å². The van der Waals surface area contributed by atoms with E-state index in [0.29, 0.717) is 12.0 Å². The van der Waals surface area contributed by atoms with E-state index in [9.17, 15) is 29.6 Å². The topological polar surface area (TPSA) is 139 Å². The summed E-state index contributed by atoms with van der Waals surface area (Å²) in [5, 5.41) is 24.5. The van der Waals surface area contributed by atoms with Gasteiger partial charge in [-0.3, -0.25) is 29.4 Å². The molecule has 7 atom stereocenters. The van der Waals surface area contributed by atoms with Crippen LogP contribution in [0.5, 0.6) is 0 Å². The van der Waals surface area contributed by atoms with Crippen LogP contribution < -0.4 is 5.32 Å². The first-order chi connectivity index (χ1) is 14.8. The molecule has 0 aromatic carbocycles. The van der Waals surface area contributed by atoms with Crippen molar-refractivity contribution in [3.8, 4) is 0 Å². The first-order valence-electron chi connectivity index (χ1n) is 10.6. The lowest BCUT2D eigenvalue weighted by molar-refractivity contribution is -0.419. The van der Waals surface area contributed by atoms with Crippen molar-refractivity contribution in [2.75, 3.05) is 13.1 Å². The minimum atomic E-state index is -1.11. The summed E-state index contributed by atoms with van der Waals surface area (Å²) in [5.41, 5.74) is -0.594. The van der Waals surface area contributed by atoms with Gasteiger partial charge in [0.25, 0.3) is 0 Å². The standard InChI is InChI=1S/C21H21N3O7/c25-12-6-11-17(18(19(12)28)24(29)30)22-20-16-10-5-14-21(11,20)2-3-23(14)8-9(10)1-4-31-13(16)7-15(26)27/h1,4,6,9-10,13-14,16,20,22H,2-3,5,7-8H2,(H,26,27). The van der Waals surface area contributed by atoms with Gasteiger partial charge in [0, 0.05) is 30.0 Å². The van der Waals surface area contributed by atoms with Gasteiger partial charge in [-0.25, -0.2) is 0 Å². The number of fused-ring (bicyclic) bond motifs is 2. The summed E-state index contributed by atoms with van der Waals surface area (Å²) in [6.07, 6.45) is 5.62. The van der Waals surface area contributed by atoms with Gasteiger partial charge in [-0.2, -0.15) is 0 Å². The SMILES string of the molecule is O=C(O)CC1OC=CC2CN3CCC45C6=CC(=O)C(=O)C([N+](=O)[O-])=C6NC4C1C2CC35. The normalized spacial score (nSPS) is 42.3. The number of Topliss-reactive ketones (excluding diaryl/α,β-unsaturated/α-hetero) is 1. The Balaban J connectivity index is 1.56. The average Bonchev–Trinajstić information content (AvgIpc) is 3.18. The molecule has 1 spiro atoms. The molecular formula is C21H21N3O7. The molecule has 2 bridgehead atoms. The maximum Gasteiger partial charge on any atom is 0.343 e. The molecule has 3 saturated heterocycles. The minimum absolute atomic E-state index is 0.0808. The molecule has 2 N–H and O–H groups in total. The van der Waals surface area contributed by atoms with E-state index >= 15 is 0 Å². The minimum Gasteiger partial charge on any atom is -0.497 e. The molecule has 6 aliphatic rings. The van der Waals surface area contributed by atoms with Crippen LogP contribution in [0.15, 0.2) is 35.4 Å². The third-order valence-electron chi connectivity index (χ3n) is 8.36. The van der Waals surface area contributed by atoms with E-state index in [0.717, 1.165) is 19.5 Å². The molecule has 162 valence electrons. The molecule has 4 aliphatic heterocycles. The Labute approximate surface area is 176 Å². The number of aliphatic carboxylic acids is 1. The van der Waals surface area contributed by atoms with Crippen LogP contribution in [-0.4, -0.2) is 63.7 Å². The average molecular weight is 427 g/mol. The van der Waals surface area contributed by atoms with Gasteiger partial charge in [0.1, 0.15) is 11.8 Å². The molecule has 31 heavy (non-hydrogen) atoms. The number of rotatable bonds is 3. The number of piperidine rings is 1. The Morgan fingerprint density at radius 3 is 2.97 bits per heavy atom. The summed E-state index contributed by atoms with van der Waals surface area (Å²) in [6, 6.07) is -0.263. The molecule has 6 rings (SSSR count). The largest absolute Gasteiger partial charge is 0.497 e. The number of ketones is 2. The molecule has 10 heteroatoms. The number of ether oxygens (including phenoxy) is 1. The zero-order valence-electron chi connectivity index (χ0n) is 16.5. The molecule has 4 heterocycles. The van der Waals surface area contributed by atoms with E-state index in [1.54, 1.807) is 6.26 Å². The fourth-order valence-corrected chi connectivity index (χ4v) is 7.35. The maximum atomic E-state index is 12.4. The quantitative estimate of drug-likeness (QED) is 0.281. The highest BCUT2D eigenvalue weighted by molar-refractivity contribution is 6.48. The summed E-state index contributed by atoms with van der Waals surface area (Å²) >= 11 is 0. The molecule has 10 nitrogen and oxygen atoms in total. The number of hydrogen-bond donors (Lipinski definition) is 2. The predicted octanol–water partition coefficient (Wildman–Crippen LogP) is 0.239. The van der Waals surface area contributed by atoms with Crippen molar-refractivity contribution in [2.24, 2.45) is 23.2 Å². The van der Waals surface area contributed by atoms with Crippen LogP contribution >= 0.6 is 0 Å². The first kappa shape index (κ1) is 18.7. The van der Waals surface area contributed by atoms with E-state index in [4.69, 9.17) is 4.74 Å². The summed E-state index contributed by atoms with van der Waals surface area (Å²) < 4.78 is 5.89. The van der Waals surface area contributed by atoms with Crippen LogP contribution in [0, 0.1) is 33.3 Å². The van der Waals surface area contributed by atoms with E-state index in [1.165, 1.54) is 6.08 Å². The van der Waals surface area contributed by atoms with Gasteiger partial charge in [0.05, 0.1) is 17.6 Å². The van der Waals surface area contributed by atoms with Crippen molar-refractivity contribution in [3.63, 3.8) is 0 Å². The van der Waals surface area contributed by atoms with Gasteiger partial charge in [-0.15, -0.1) is 0 Å². The third-order valence-corrected chi connectivity index (χ3v) is 8.36. The second-order valence-corrected chi connectivity index (χ2v) is 9.40. The van der Waals surface area contributed by atoms with E-state index < -0.39 is 39.7 Å². The zero-order valence-corrected chi connectivity index (χ0v) is 16.5. The summed E-state index contributed by atoms with van der Waals surface area (Å²) in [5.74, 6) is -2.81. The molecule has 0 amide bonds. The fourth-order valence-electron chi connectivity index (χ4n) is 7.35. The van der Waals surface area contributed by atoms with Crippen LogP contribution in [-0.2, 0) is 19.1 Å². The van der Waals surface area contributed by atoms with Crippen molar-refractivity contribution in [1.29, 1.82) is 0 Å². The number of carboxylic acids is 1. The number of allylic oxidation sites excluding steroid dienone is 3. The molecule has 7 unspecified atom stereocenters. The Bertz CT molecular complexity index is 1050. The van der Waals surface area contributed by atoms with Gasteiger partial charge in [-0.05, 0) is 48.9 Å². The number of carboxylic acid groups (broad SMARTS) is 1. The fraction of sp³-hybridized carbons (Fsp3) is 0.571. The van der Waals surface area contributed by atoms with Gasteiger partial charge >= 0.3 is 17.4 Å². The van der Waals surface area contributed by atoms with E-state index in [2.05, 4.69) is 10.2 Å². The lowest BCUT2D eigenvalue weighted by atomic mass is 9.53. The second-order valence-electron chi connectivity index (χ2n) is 9.40. The summed E-state index contributed by atoms with van der Waals surface area (Å²) in [4.78, 5) is 49.8. The molecule has 2 aliphatic carbocycles. The molecule has 4 fully saturated rings. The summed E-state index contributed by atoms with van der Waals surface area (Å²) in [6.45, 7) is 1.60. The smallest absolute Gasteiger partial charge is 0.343 e. The number of hydrogen-bond acceptors (Lipinski definition) is 8. The van der Waals surface area contributed by atoms with Crippen molar-refractivity contribution in [3.05, 3.63) is 45.5 Å². The van der Waals surface area contributed by atoms with Gasteiger partial charge < -0.3 is 15.2 Å². The highest BCUT2D eigenvalue weighted by atomic mass is 16.6. The number of carbonyl (C=O) groups excluding carboxylic acids is 2. The lowest BCUT2D eigenvalue weighted by Crippen LogP contribution is -2.64. The monoisotopic (exact) mass is 427 g/mol. The second kappa shape index (κ2) is 6.03. The Kier molecular flexibility index (Phi) is 3.64. The van der Waals surface area contributed by atoms with Crippen molar-refractivity contribution < 1.29 is 29.2 Å². The molecule has 0 aromatic heterocycles. The van der Waals surface area contributed by atoms with Crippen LogP contribution in [0.25, 0.3) is 0 Å². The van der Waals surface area contributed by atoms with Crippen LogP contribution in [0.1, 0.15) is 19.3 Å². The van der Waals surface area contributed by atoms with Gasteiger partial charge in [0.15, 0.2) is 0 Å². The van der Waals surface area contributed by atoms with Gasteiger partial charge in [0.2, 0.25) is 5.78 Å². The lowest BCUT2D eigenvalue weighted by Gasteiger charge is -2.56. The van der Waals surface area contributed by atoms with E-state index in [-0.39, 0.29) is 42.0 Å². The molecule has 1 saturated carbocycles. The van der Waals surface area contributed by atoms with Crippen LogP contribution in [0.4, 0.5) is 0 Å². The van der Waals surface area contributed by atoms with Crippen LogP contribution in [0.3, 0.4) is 0 Å². The third kappa shape index (κ3) is 2.23. The highest BCUT2D eigenvalue weighted by Crippen LogP contribution is 2.64. The molecular weight excluding hydrogens is 406 g/mol. The van der Waals surface area contributed by atoms with E-state index in [1.807, 2.05) is 6.08 Å². The Morgan fingerprint density at radius 1 is 1.42 bits per heavy atom. The predicted molar refractivity (Wildman–Crippen MR) is 103 cm³/mol. The number of carbonyl (C=O) groups is 3. The zero-order chi connectivity index (χ0) is 21.7. The maximum absolute atomic E-state index is 12.4. The highest BCUT2D eigenvalue weighted by Gasteiger charge is 2.70. The van der Waals surface area contributed by atoms with Crippen molar-refractivity contribution >= 4 is 17.5 Å². The van der Waals surface area contributed by atoms with Crippen molar-refractivity contribution in [2.45, 2.75) is 37.5 Å². The first-order valence-corrected chi connectivity index (χ1v) is 10.6. The number of nitro groups is 1. The van der Waals surface area contributed by atoms with Crippen LogP contribution in [0.2, 0.25) is 0 Å². The number of nitrogens with zero attached hydrogens (tertiary/aromatic N) is 2. The molecule has 0 radical (unpaired) electrons. The number of nitrogens with one attached hydrogen (secondary N) is 1.